The molecule has 1 aliphatic heterocycles. The fraction of sp³-hybridized carbons (Fsp3) is 0.750. The van der Waals surface area contributed by atoms with E-state index >= 15 is 0 Å². The van der Waals surface area contributed by atoms with Gasteiger partial charge in [-0.15, -0.1) is 0 Å². The predicted octanol–water partition coefficient (Wildman–Crippen LogP) is -0.966. The van der Waals surface area contributed by atoms with Gasteiger partial charge in [-0.05, 0) is 19.9 Å². The molecule has 108 valence electrons. The van der Waals surface area contributed by atoms with Crippen LogP contribution in [0.15, 0.2) is 0 Å². The van der Waals surface area contributed by atoms with Gasteiger partial charge in [0.25, 0.3) is 0 Å². The van der Waals surface area contributed by atoms with Crippen molar-refractivity contribution in [3.05, 3.63) is 0 Å². The van der Waals surface area contributed by atoms with Crippen LogP contribution in [-0.4, -0.2) is 60.5 Å². The van der Waals surface area contributed by atoms with E-state index in [1.165, 1.54) is 6.92 Å². The van der Waals surface area contributed by atoms with Gasteiger partial charge in [0.15, 0.2) is 0 Å². The summed E-state index contributed by atoms with van der Waals surface area (Å²) < 4.78 is 0. The Kier molecular flexibility index (Phi) is 4.88. The van der Waals surface area contributed by atoms with Crippen LogP contribution in [0.5, 0.6) is 0 Å². The number of hydrogen-bond acceptors (Lipinski definition) is 4. The first-order valence-corrected chi connectivity index (χ1v) is 6.23. The van der Waals surface area contributed by atoms with Crippen molar-refractivity contribution in [2.45, 2.75) is 26.3 Å². The second-order valence-corrected chi connectivity index (χ2v) is 5.22. The van der Waals surface area contributed by atoms with Crippen LogP contribution in [0.25, 0.3) is 0 Å². The Bertz CT molecular complexity index is 385. The fourth-order valence-electron chi connectivity index (χ4n) is 2.39. The molecule has 7 heteroatoms. The Morgan fingerprint density at radius 2 is 2.05 bits per heavy atom. The Labute approximate surface area is 112 Å². The Hall–Kier alpha value is -1.63. The number of carbonyl (C=O) groups is 3. The molecule has 1 heterocycles. The molecular weight excluding hydrogens is 250 g/mol. The van der Waals surface area contributed by atoms with Crippen molar-refractivity contribution in [1.29, 1.82) is 0 Å². The van der Waals surface area contributed by atoms with Crippen molar-refractivity contribution >= 4 is 17.8 Å². The van der Waals surface area contributed by atoms with E-state index in [2.05, 4.69) is 10.6 Å². The maximum absolute atomic E-state index is 11.8. The van der Waals surface area contributed by atoms with Gasteiger partial charge in [-0.2, -0.15) is 0 Å². The molecule has 0 bridgehead atoms. The molecule has 0 radical (unpaired) electrons. The van der Waals surface area contributed by atoms with Gasteiger partial charge in [0.1, 0.15) is 6.04 Å². The topological polar surface area (TPSA) is 98.7 Å². The lowest BCUT2D eigenvalue weighted by Gasteiger charge is -2.24. The molecule has 1 saturated heterocycles. The minimum atomic E-state index is -1.07. The second kappa shape index (κ2) is 6.01. The zero-order valence-electron chi connectivity index (χ0n) is 11.5. The predicted molar refractivity (Wildman–Crippen MR) is 68.5 cm³/mol. The summed E-state index contributed by atoms with van der Waals surface area (Å²) in [6, 6.07) is -0.940. The maximum atomic E-state index is 11.8. The summed E-state index contributed by atoms with van der Waals surface area (Å²) in [5.74, 6) is -1.48. The molecule has 0 aromatic rings. The summed E-state index contributed by atoms with van der Waals surface area (Å²) in [7, 11) is 1.59. The average Bonchev–Trinajstić information content (AvgIpc) is 2.69. The van der Waals surface area contributed by atoms with Gasteiger partial charge >= 0.3 is 5.97 Å². The molecule has 2 atom stereocenters. The quantitative estimate of drug-likeness (QED) is 0.598. The number of nitrogens with one attached hydrogen (secondary N) is 2. The third-order valence-electron chi connectivity index (χ3n) is 3.44. The van der Waals surface area contributed by atoms with Crippen molar-refractivity contribution in [2.75, 3.05) is 26.7 Å². The third kappa shape index (κ3) is 3.92. The van der Waals surface area contributed by atoms with Crippen molar-refractivity contribution in [3.63, 3.8) is 0 Å². The van der Waals surface area contributed by atoms with Crippen LogP contribution in [0.3, 0.4) is 0 Å². The first kappa shape index (κ1) is 15.4. The molecular formula is C12H21N3O4. The van der Waals surface area contributed by atoms with Gasteiger partial charge in [-0.25, -0.2) is 4.79 Å². The summed E-state index contributed by atoms with van der Waals surface area (Å²) in [6.45, 7) is 4.50. The third-order valence-corrected chi connectivity index (χ3v) is 3.44. The molecule has 0 aliphatic carbocycles. The molecule has 0 saturated carbocycles. The second-order valence-electron chi connectivity index (χ2n) is 5.22. The van der Waals surface area contributed by atoms with E-state index in [1.54, 1.807) is 7.05 Å². The summed E-state index contributed by atoms with van der Waals surface area (Å²) in [5.41, 5.74) is -0.492. The van der Waals surface area contributed by atoms with E-state index in [1.807, 2.05) is 11.8 Å². The van der Waals surface area contributed by atoms with E-state index < -0.39 is 17.4 Å². The number of amides is 2. The number of carboxylic acids is 1. The van der Waals surface area contributed by atoms with E-state index in [4.69, 9.17) is 5.11 Å². The minimum absolute atomic E-state index is 0.0404. The number of carboxylic acid groups (broad SMARTS) is 1. The lowest BCUT2D eigenvalue weighted by molar-refractivity contribution is -0.142. The van der Waals surface area contributed by atoms with Gasteiger partial charge in [-0.1, -0.05) is 0 Å². The van der Waals surface area contributed by atoms with Crippen LogP contribution < -0.4 is 10.6 Å². The number of nitrogens with zero attached hydrogens (tertiary/aromatic N) is 1. The SMILES string of the molecule is CNC(=O)C1(C)CCN(CC(NC(C)=O)C(=O)O)C1. The van der Waals surface area contributed by atoms with Gasteiger partial charge in [0.05, 0.1) is 5.41 Å². The molecule has 7 nitrogen and oxygen atoms in total. The van der Waals surface area contributed by atoms with E-state index in [0.717, 1.165) is 0 Å². The molecule has 0 spiro atoms. The highest BCUT2D eigenvalue weighted by atomic mass is 16.4. The number of carbonyl (C=O) groups excluding carboxylic acids is 2. The molecule has 1 aliphatic rings. The smallest absolute Gasteiger partial charge is 0.327 e. The normalized spacial score (nSPS) is 24.8. The maximum Gasteiger partial charge on any atom is 0.327 e. The van der Waals surface area contributed by atoms with Crippen molar-refractivity contribution < 1.29 is 19.5 Å². The standard InChI is InChI=1S/C12H21N3O4/c1-8(16)14-9(10(17)18)6-15-5-4-12(2,7-15)11(19)13-3/h9H,4-7H2,1-3H3,(H,13,19)(H,14,16)(H,17,18). The highest BCUT2D eigenvalue weighted by molar-refractivity contribution is 5.83. The molecule has 1 fully saturated rings. The van der Waals surface area contributed by atoms with Crippen LogP contribution in [0.1, 0.15) is 20.3 Å². The molecule has 19 heavy (non-hydrogen) atoms. The average molecular weight is 271 g/mol. The number of rotatable bonds is 5. The molecule has 2 unspecified atom stereocenters. The van der Waals surface area contributed by atoms with E-state index in [0.29, 0.717) is 19.5 Å². The minimum Gasteiger partial charge on any atom is -0.480 e. The Morgan fingerprint density at radius 3 is 2.53 bits per heavy atom. The Morgan fingerprint density at radius 1 is 1.42 bits per heavy atom. The largest absolute Gasteiger partial charge is 0.480 e. The summed E-state index contributed by atoms with van der Waals surface area (Å²) in [6.07, 6.45) is 0.680. The van der Waals surface area contributed by atoms with Gasteiger partial charge in [-0.3, -0.25) is 14.5 Å². The van der Waals surface area contributed by atoms with Gasteiger partial charge < -0.3 is 15.7 Å². The van der Waals surface area contributed by atoms with E-state index in [9.17, 15) is 14.4 Å². The zero-order valence-corrected chi connectivity index (χ0v) is 11.5. The zero-order chi connectivity index (χ0) is 14.6. The van der Waals surface area contributed by atoms with Crippen LogP contribution >= 0.6 is 0 Å². The fourth-order valence-corrected chi connectivity index (χ4v) is 2.39. The number of hydrogen-bond donors (Lipinski definition) is 3. The number of aliphatic carboxylic acids is 1. The summed E-state index contributed by atoms with van der Waals surface area (Å²) in [4.78, 5) is 35.7. The first-order chi connectivity index (χ1) is 8.78. The summed E-state index contributed by atoms with van der Waals surface area (Å²) in [5, 5.41) is 14.1. The van der Waals surface area contributed by atoms with Gasteiger partial charge in [0, 0.05) is 27.1 Å². The van der Waals surface area contributed by atoms with E-state index in [-0.39, 0.29) is 18.4 Å². The molecule has 0 aromatic heterocycles. The van der Waals surface area contributed by atoms with Crippen LogP contribution in [0.2, 0.25) is 0 Å². The van der Waals surface area contributed by atoms with Gasteiger partial charge in [0.2, 0.25) is 11.8 Å². The Balaban J connectivity index is 2.61. The van der Waals surface area contributed by atoms with Crippen LogP contribution in [-0.2, 0) is 14.4 Å². The molecule has 2 amide bonds. The van der Waals surface area contributed by atoms with Crippen molar-refractivity contribution in [1.82, 2.24) is 15.5 Å². The molecule has 3 N–H and O–H groups in total. The lowest BCUT2D eigenvalue weighted by atomic mass is 9.89. The lowest BCUT2D eigenvalue weighted by Crippen LogP contribution is -2.48. The van der Waals surface area contributed by atoms with Crippen molar-refractivity contribution in [2.24, 2.45) is 5.41 Å². The molecule has 0 aromatic carbocycles. The monoisotopic (exact) mass is 271 g/mol. The number of likely N-dealkylation sites (tertiary alicyclic amines) is 1. The van der Waals surface area contributed by atoms with Crippen LogP contribution in [0, 0.1) is 5.41 Å². The first-order valence-electron chi connectivity index (χ1n) is 6.23. The summed E-state index contributed by atoms with van der Waals surface area (Å²) >= 11 is 0. The van der Waals surface area contributed by atoms with Crippen LogP contribution in [0.4, 0.5) is 0 Å². The highest BCUT2D eigenvalue weighted by Gasteiger charge is 2.40. The molecule has 1 rings (SSSR count). The van der Waals surface area contributed by atoms with Crippen molar-refractivity contribution in [3.8, 4) is 0 Å². The highest BCUT2D eigenvalue weighted by Crippen LogP contribution is 2.29.